The first-order valence-corrected chi connectivity index (χ1v) is 10.8. The van der Waals surface area contributed by atoms with E-state index in [2.05, 4.69) is 5.32 Å². The lowest BCUT2D eigenvalue weighted by atomic mass is 10.2. The highest BCUT2D eigenvalue weighted by Gasteiger charge is 2.25. The molecule has 1 saturated carbocycles. The molecule has 1 aromatic rings. The van der Waals surface area contributed by atoms with Crippen LogP contribution in [0.3, 0.4) is 0 Å². The zero-order valence-electron chi connectivity index (χ0n) is 16.1. The summed E-state index contributed by atoms with van der Waals surface area (Å²) in [5, 5.41) is 2.88. The summed E-state index contributed by atoms with van der Waals surface area (Å²) in [7, 11) is -3.67. The zero-order chi connectivity index (χ0) is 20.0. The average molecular weight is 397 g/mol. The van der Waals surface area contributed by atoms with Crippen LogP contribution in [-0.2, 0) is 19.6 Å². The number of benzene rings is 1. The lowest BCUT2D eigenvalue weighted by Crippen LogP contribution is -2.40. The molecule has 1 aliphatic rings. The maximum atomic E-state index is 12.6. The van der Waals surface area contributed by atoms with Gasteiger partial charge in [-0.3, -0.25) is 4.79 Å². The van der Waals surface area contributed by atoms with Crippen LogP contribution in [0.5, 0.6) is 0 Å². The van der Waals surface area contributed by atoms with Crippen LogP contribution < -0.4 is 5.32 Å². The SMILES string of the molecule is CCN(CC)S(=O)(=O)c1cccc(C(=O)O[C@@H](C)C(=O)NC2CCCC2)c1. The van der Waals surface area contributed by atoms with Crippen LogP contribution in [-0.4, -0.2) is 49.8 Å². The highest BCUT2D eigenvalue weighted by atomic mass is 32.2. The summed E-state index contributed by atoms with van der Waals surface area (Å²) in [6.07, 6.45) is 3.12. The topological polar surface area (TPSA) is 92.8 Å². The molecule has 0 radical (unpaired) electrons. The molecule has 0 bridgehead atoms. The van der Waals surface area contributed by atoms with E-state index in [9.17, 15) is 18.0 Å². The van der Waals surface area contributed by atoms with E-state index in [-0.39, 0.29) is 22.4 Å². The summed E-state index contributed by atoms with van der Waals surface area (Å²) in [4.78, 5) is 24.6. The Balaban J connectivity index is 2.07. The molecule has 0 spiro atoms. The highest BCUT2D eigenvalue weighted by molar-refractivity contribution is 7.89. The number of sulfonamides is 1. The third-order valence-corrected chi connectivity index (χ3v) is 6.81. The molecule has 8 heteroatoms. The Hall–Kier alpha value is -1.93. The fourth-order valence-electron chi connectivity index (χ4n) is 3.17. The van der Waals surface area contributed by atoms with Gasteiger partial charge in [-0.25, -0.2) is 13.2 Å². The number of nitrogens with zero attached hydrogens (tertiary/aromatic N) is 1. The maximum absolute atomic E-state index is 12.6. The van der Waals surface area contributed by atoms with Gasteiger partial charge in [0.25, 0.3) is 5.91 Å². The molecule has 0 aliphatic heterocycles. The van der Waals surface area contributed by atoms with Crippen molar-refractivity contribution in [2.75, 3.05) is 13.1 Å². The van der Waals surface area contributed by atoms with Gasteiger partial charge in [-0.1, -0.05) is 32.8 Å². The van der Waals surface area contributed by atoms with Gasteiger partial charge >= 0.3 is 5.97 Å². The van der Waals surface area contributed by atoms with E-state index in [1.165, 1.54) is 35.5 Å². The van der Waals surface area contributed by atoms with Crippen molar-refractivity contribution in [2.24, 2.45) is 0 Å². The minimum Gasteiger partial charge on any atom is -0.449 e. The first-order valence-electron chi connectivity index (χ1n) is 9.41. The van der Waals surface area contributed by atoms with Crippen molar-refractivity contribution in [1.29, 1.82) is 0 Å². The summed E-state index contributed by atoms with van der Waals surface area (Å²) >= 11 is 0. The molecule has 27 heavy (non-hydrogen) atoms. The zero-order valence-corrected chi connectivity index (χ0v) is 16.9. The molecule has 1 amide bonds. The Morgan fingerprint density at radius 2 is 1.85 bits per heavy atom. The molecule has 0 saturated heterocycles. The van der Waals surface area contributed by atoms with Crippen molar-refractivity contribution in [2.45, 2.75) is 63.5 Å². The molecule has 150 valence electrons. The summed E-state index contributed by atoms with van der Waals surface area (Å²) < 4.78 is 31.7. The minimum atomic E-state index is -3.67. The van der Waals surface area contributed by atoms with E-state index in [4.69, 9.17) is 4.74 Å². The van der Waals surface area contributed by atoms with Crippen LogP contribution in [0, 0.1) is 0 Å². The van der Waals surface area contributed by atoms with E-state index in [1.807, 2.05) is 0 Å². The van der Waals surface area contributed by atoms with Gasteiger partial charge in [0.15, 0.2) is 6.10 Å². The summed E-state index contributed by atoms with van der Waals surface area (Å²) in [6.45, 7) is 5.70. The number of hydrogen-bond donors (Lipinski definition) is 1. The molecule has 1 aromatic carbocycles. The Morgan fingerprint density at radius 1 is 1.22 bits per heavy atom. The number of ether oxygens (including phenoxy) is 1. The third kappa shape index (κ3) is 5.29. The molecule has 2 rings (SSSR count). The highest BCUT2D eigenvalue weighted by Crippen LogP contribution is 2.19. The molecule has 1 aliphatic carbocycles. The van der Waals surface area contributed by atoms with E-state index in [1.54, 1.807) is 13.8 Å². The Labute approximate surface area is 161 Å². The largest absolute Gasteiger partial charge is 0.449 e. The van der Waals surface area contributed by atoms with E-state index in [0.717, 1.165) is 25.7 Å². The van der Waals surface area contributed by atoms with Crippen molar-refractivity contribution in [3.8, 4) is 0 Å². The number of carbonyl (C=O) groups excluding carboxylic acids is 2. The molecule has 0 aromatic heterocycles. The quantitative estimate of drug-likeness (QED) is 0.681. The molecule has 1 fully saturated rings. The number of carbonyl (C=O) groups is 2. The minimum absolute atomic E-state index is 0.0312. The molecule has 7 nitrogen and oxygen atoms in total. The standard InChI is InChI=1S/C19H28N2O5S/c1-4-21(5-2)27(24,25)17-12-8-9-15(13-17)19(23)26-14(3)18(22)20-16-10-6-7-11-16/h8-9,12-14,16H,4-7,10-11H2,1-3H3,(H,20,22)/t14-/m0/s1. The van der Waals surface area contributed by atoms with Crippen LogP contribution in [0.15, 0.2) is 29.2 Å². The van der Waals surface area contributed by atoms with Crippen LogP contribution in [0.1, 0.15) is 56.8 Å². The fourth-order valence-corrected chi connectivity index (χ4v) is 4.67. The van der Waals surface area contributed by atoms with Crippen LogP contribution in [0.25, 0.3) is 0 Å². The second-order valence-electron chi connectivity index (χ2n) is 6.65. The van der Waals surface area contributed by atoms with Gasteiger partial charge in [0.2, 0.25) is 10.0 Å². The lowest BCUT2D eigenvalue weighted by Gasteiger charge is -2.19. The second kappa shape index (κ2) is 9.32. The summed E-state index contributed by atoms with van der Waals surface area (Å²) in [5.74, 6) is -1.05. The van der Waals surface area contributed by atoms with Gasteiger partial charge in [-0.15, -0.1) is 0 Å². The number of amides is 1. The van der Waals surface area contributed by atoms with Crippen molar-refractivity contribution >= 4 is 21.9 Å². The van der Waals surface area contributed by atoms with Gasteiger partial charge in [0.1, 0.15) is 0 Å². The Kier molecular flexibility index (Phi) is 7.38. The van der Waals surface area contributed by atoms with Gasteiger partial charge in [-0.05, 0) is 38.0 Å². The summed E-state index contributed by atoms with van der Waals surface area (Å²) in [6, 6.07) is 5.85. The van der Waals surface area contributed by atoms with Crippen LogP contribution in [0.2, 0.25) is 0 Å². The smallest absolute Gasteiger partial charge is 0.338 e. The monoisotopic (exact) mass is 396 g/mol. The fraction of sp³-hybridized carbons (Fsp3) is 0.579. The molecule has 0 heterocycles. The van der Waals surface area contributed by atoms with Crippen molar-refractivity contribution in [3.05, 3.63) is 29.8 Å². The Morgan fingerprint density at radius 3 is 2.44 bits per heavy atom. The maximum Gasteiger partial charge on any atom is 0.338 e. The molecule has 1 atom stereocenters. The van der Waals surface area contributed by atoms with Crippen molar-refractivity contribution in [3.63, 3.8) is 0 Å². The predicted octanol–water partition coefficient (Wildman–Crippen LogP) is 2.32. The first-order chi connectivity index (χ1) is 12.8. The molecule has 1 N–H and O–H groups in total. The van der Waals surface area contributed by atoms with Crippen molar-refractivity contribution in [1.82, 2.24) is 9.62 Å². The van der Waals surface area contributed by atoms with Crippen LogP contribution >= 0.6 is 0 Å². The number of esters is 1. The normalized spacial score (nSPS) is 16.3. The second-order valence-corrected chi connectivity index (χ2v) is 8.59. The number of rotatable bonds is 8. The van der Waals surface area contributed by atoms with E-state index >= 15 is 0 Å². The molecular weight excluding hydrogens is 368 g/mol. The molecular formula is C19H28N2O5S. The van der Waals surface area contributed by atoms with Crippen LogP contribution in [0.4, 0.5) is 0 Å². The van der Waals surface area contributed by atoms with Crippen molar-refractivity contribution < 1.29 is 22.7 Å². The number of nitrogens with one attached hydrogen (secondary N) is 1. The summed E-state index contributed by atoms with van der Waals surface area (Å²) in [5.41, 5.74) is 0.101. The van der Waals surface area contributed by atoms with Gasteiger partial charge < -0.3 is 10.1 Å². The van der Waals surface area contributed by atoms with Gasteiger partial charge in [-0.2, -0.15) is 4.31 Å². The predicted molar refractivity (Wildman–Crippen MR) is 102 cm³/mol. The Bertz CT molecular complexity index is 768. The van der Waals surface area contributed by atoms with E-state index < -0.39 is 22.1 Å². The van der Waals surface area contributed by atoms with Gasteiger partial charge in [0, 0.05) is 19.1 Å². The molecule has 0 unspecified atom stereocenters. The lowest BCUT2D eigenvalue weighted by molar-refractivity contribution is -0.129. The van der Waals surface area contributed by atoms with E-state index in [0.29, 0.717) is 13.1 Å². The number of hydrogen-bond acceptors (Lipinski definition) is 5. The van der Waals surface area contributed by atoms with Gasteiger partial charge in [0.05, 0.1) is 10.5 Å². The first kappa shape index (κ1) is 21.4. The average Bonchev–Trinajstić information content (AvgIpc) is 3.15. The third-order valence-electron chi connectivity index (χ3n) is 4.77.